The van der Waals surface area contributed by atoms with Crippen LogP contribution in [0.3, 0.4) is 0 Å². The molecule has 4 aliphatic rings. The monoisotopic (exact) mass is 754 g/mol. The van der Waals surface area contributed by atoms with Gasteiger partial charge in [-0.25, -0.2) is 0 Å². The lowest BCUT2D eigenvalue weighted by Gasteiger charge is -2.54. The van der Waals surface area contributed by atoms with E-state index in [1.807, 2.05) is 6.92 Å². The number of unbranched alkanes of at least 4 members (excludes halogenated alkanes) is 12. The number of ether oxygens (including phenoxy) is 5. The Balaban J connectivity index is 1.35. The number of aldehydes is 1. The van der Waals surface area contributed by atoms with Gasteiger partial charge in [-0.05, 0) is 45.3 Å². The molecular weight excluding hydrogens is 692 g/mol. The number of hydrogen-bond acceptors (Lipinski definition) is 11. The zero-order valence-electron chi connectivity index (χ0n) is 33.3. The summed E-state index contributed by atoms with van der Waals surface area (Å²) >= 11 is 0. The lowest BCUT2D eigenvalue weighted by Crippen LogP contribution is -2.64. The Morgan fingerprint density at radius 3 is 2.07 bits per heavy atom. The molecule has 9 atom stereocenters. The number of carbonyl (C=O) groups excluding carboxylic acids is 5. The standard InChI is InChI=1S/C43H62O11/c1-8-9-10-11-12-13-14-15-16-17-18-19-20-21-33(46)51-38-35(50-29(3)45)39-42(7,32(26-44)53-40(38,4)5)36(48)31-24-41(6)37(30-22-23-49-27-30)52-34(47)25-43(41,54-39)28(31)2/h22-23,26-27,31-32,35,37-39H,2,8-21,24-25H2,1,3-7H3/t31-,32+,35+,37-,38+,39-,41-,42?,43-/m0/s1. The Morgan fingerprint density at radius 2 is 1.52 bits per heavy atom. The number of cyclic esters (lactones) is 1. The maximum Gasteiger partial charge on any atom is 0.309 e. The van der Waals surface area contributed by atoms with E-state index in [4.69, 9.17) is 28.1 Å². The summed E-state index contributed by atoms with van der Waals surface area (Å²) in [5, 5.41) is 0. The predicted octanol–water partition coefficient (Wildman–Crippen LogP) is 8.26. The fourth-order valence-electron chi connectivity index (χ4n) is 9.68. The van der Waals surface area contributed by atoms with E-state index in [0.29, 0.717) is 23.8 Å². The number of fused-ring (bicyclic) bond motifs is 2. The van der Waals surface area contributed by atoms with Gasteiger partial charge in [0.05, 0.1) is 24.4 Å². The van der Waals surface area contributed by atoms with E-state index < -0.39 is 82.2 Å². The van der Waals surface area contributed by atoms with E-state index in [1.54, 1.807) is 26.8 Å². The van der Waals surface area contributed by atoms with Crippen molar-refractivity contribution in [2.45, 2.75) is 186 Å². The topological polar surface area (TPSA) is 145 Å². The molecule has 54 heavy (non-hydrogen) atoms. The lowest BCUT2D eigenvalue weighted by molar-refractivity contribution is -0.255. The van der Waals surface area contributed by atoms with Gasteiger partial charge in [0.15, 0.2) is 18.0 Å². The molecule has 1 aromatic heterocycles. The highest BCUT2D eigenvalue weighted by Crippen LogP contribution is 2.68. The Bertz CT molecular complexity index is 1510. The van der Waals surface area contributed by atoms with Crippen LogP contribution in [-0.4, -0.2) is 65.6 Å². The van der Waals surface area contributed by atoms with Gasteiger partial charge in [0.2, 0.25) is 0 Å². The van der Waals surface area contributed by atoms with Crippen molar-refractivity contribution in [1.29, 1.82) is 0 Å². The number of rotatable bonds is 18. The van der Waals surface area contributed by atoms with Gasteiger partial charge in [-0.2, -0.15) is 0 Å². The summed E-state index contributed by atoms with van der Waals surface area (Å²) in [6, 6.07) is 1.70. The minimum absolute atomic E-state index is 0.134. The Hall–Kier alpha value is -3.31. The third-order valence-corrected chi connectivity index (χ3v) is 12.8. The third kappa shape index (κ3) is 7.99. The molecule has 1 aliphatic carbocycles. The zero-order valence-corrected chi connectivity index (χ0v) is 33.3. The molecule has 4 heterocycles. The van der Waals surface area contributed by atoms with Gasteiger partial charge in [0.25, 0.3) is 0 Å². The SMILES string of the molecule is C=C1[C@@H]2C[C@@]3(C)[C@H](c4ccoc4)OC(=O)C[C@]13O[C@H]1[C@H](OC(C)=O)[C@@H](OC(=O)CCCCCCCCCCCCCCC)C(C)(C)O[C@H](C=O)C1(C)C2=O. The minimum atomic E-state index is -1.72. The molecule has 2 bridgehead atoms. The molecule has 0 aromatic carbocycles. The summed E-state index contributed by atoms with van der Waals surface area (Å²) in [5.41, 5.74) is -4.63. The molecule has 11 nitrogen and oxygen atoms in total. The van der Waals surface area contributed by atoms with Crippen LogP contribution in [0.1, 0.15) is 156 Å². The fraction of sp³-hybridized carbons (Fsp3) is 0.744. The molecule has 0 radical (unpaired) electrons. The van der Waals surface area contributed by atoms with Gasteiger partial charge in [0, 0.05) is 30.2 Å². The van der Waals surface area contributed by atoms with Crippen molar-refractivity contribution in [2.24, 2.45) is 16.7 Å². The number of ketones is 1. The Morgan fingerprint density at radius 1 is 0.907 bits per heavy atom. The van der Waals surface area contributed by atoms with Crippen LogP contribution in [0.5, 0.6) is 0 Å². The smallest absolute Gasteiger partial charge is 0.309 e. The van der Waals surface area contributed by atoms with Gasteiger partial charge >= 0.3 is 17.9 Å². The van der Waals surface area contributed by atoms with E-state index in [2.05, 4.69) is 13.5 Å². The first-order chi connectivity index (χ1) is 25.7. The van der Waals surface area contributed by atoms with Gasteiger partial charge in [0.1, 0.15) is 35.8 Å². The quantitative estimate of drug-likeness (QED) is 0.0470. The van der Waals surface area contributed by atoms with Crippen LogP contribution >= 0.6 is 0 Å². The van der Waals surface area contributed by atoms with E-state index >= 15 is 0 Å². The van der Waals surface area contributed by atoms with E-state index in [9.17, 15) is 24.0 Å². The molecule has 5 rings (SSSR count). The second-order valence-corrected chi connectivity index (χ2v) is 17.1. The van der Waals surface area contributed by atoms with Gasteiger partial charge < -0.3 is 32.9 Å². The van der Waals surface area contributed by atoms with Crippen molar-refractivity contribution in [3.63, 3.8) is 0 Å². The van der Waals surface area contributed by atoms with Crippen molar-refractivity contribution >= 4 is 30.0 Å². The molecule has 0 amide bonds. The molecule has 1 spiro atoms. The zero-order chi connectivity index (χ0) is 39.3. The molecule has 3 saturated heterocycles. The molecule has 3 aliphatic heterocycles. The van der Waals surface area contributed by atoms with Crippen LogP contribution in [0.15, 0.2) is 35.2 Å². The molecule has 1 unspecified atom stereocenters. The summed E-state index contributed by atoms with van der Waals surface area (Å²) in [7, 11) is 0. The van der Waals surface area contributed by atoms with Crippen LogP contribution < -0.4 is 0 Å². The summed E-state index contributed by atoms with van der Waals surface area (Å²) in [6.45, 7) is 14.6. The normalized spacial score (nSPS) is 34.2. The van der Waals surface area contributed by atoms with Crippen molar-refractivity contribution in [1.82, 2.24) is 0 Å². The fourth-order valence-corrected chi connectivity index (χ4v) is 9.68. The van der Waals surface area contributed by atoms with Crippen LogP contribution in [0.2, 0.25) is 0 Å². The molecule has 0 N–H and O–H groups in total. The van der Waals surface area contributed by atoms with Crippen LogP contribution in [-0.2, 0) is 47.7 Å². The number of esters is 3. The van der Waals surface area contributed by atoms with Crippen molar-refractivity contribution in [3.05, 3.63) is 36.3 Å². The van der Waals surface area contributed by atoms with E-state index in [0.717, 1.165) is 19.3 Å². The van der Waals surface area contributed by atoms with Crippen molar-refractivity contribution < 1.29 is 52.1 Å². The molecule has 4 fully saturated rings. The summed E-state index contributed by atoms with van der Waals surface area (Å²) < 4.78 is 37.0. The molecule has 1 aromatic rings. The van der Waals surface area contributed by atoms with Crippen LogP contribution in [0, 0.1) is 16.7 Å². The third-order valence-electron chi connectivity index (χ3n) is 12.8. The number of hydrogen-bond donors (Lipinski definition) is 0. The molecular formula is C43H62O11. The maximum atomic E-state index is 15.0. The highest BCUT2D eigenvalue weighted by molar-refractivity contribution is 5.95. The van der Waals surface area contributed by atoms with Crippen LogP contribution in [0.4, 0.5) is 0 Å². The maximum absolute atomic E-state index is 15.0. The Kier molecular flexibility index (Phi) is 13.4. The number of Topliss-reactive ketones (excluding diaryl/α,β-unsaturated/α-hetero) is 1. The second-order valence-electron chi connectivity index (χ2n) is 17.1. The van der Waals surface area contributed by atoms with Gasteiger partial charge in [-0.15, -0.1) is 0 Å². The summed E-state index contributed by atoms with van der Waals surface area (Å²) in [6.07, 6.45) is 12.5. The molecule has 11 heteroatoms. The first-order valence-electron chi connectivity index (χ1n) is 20.3. The van der Waals surface area contributed by atoms with E-state index in [-0.39, 0.29) is 19.3 Å². The second kappa shape index (κ2) is 17.2. The molecule has 300 valence electrons. The highest BCUT2D eigenvalue weighted by atomic mass is 16.6. The first kappa shape index (κ1) is 41.8. The van der Waals surface area contributed by atoms with Crippen LogP contribution in [0.25, 0.3) is 0 Å². The van der Waals surface area contributed by atoms with E-state index in [1.165, 1.54) is 77.2 Å². The Labute approximate surface area is 320 Å². The average molecular weight is 755 g/mol. The summed E-state index contributed by atoms with van der Waals surface area (Å²) in [4.78, 5) is 67.9. The minimum Gasteiger partial charge on any atom is -0.472 e. The van der Waals surface area contributed by atoms with Gasteiger partial charge in [-0.1, -0.05) is 97.5 Å². The number of carbonyl (C=O) groups is 5. The first-order valence-corrected chi connectivity index (χ1v) is 20.3. The van der Waals surface area contributed by atoms with Crippen molar-refractivity contribution in [3.8, 4) is 0 Å². The average Bonchev–Trinajstić information content (AvgIpc) is 3.71. The number of furan rings is 1. The molecule has 1 saturated carbocycles. The predicted molar refractivity (Wildman–Crippen MR) is 199 cm³/mol. The van der Waals surface area contributed by atoms with Gasteiger partial charge in [-0.3, -0.25) is 19.2 Å². The lowest BCUT2D eigenvalue weighted by atomic mass is 9.64. The highest BCUT2D eigenvalue weighted by Gasteiger charge is 2.75. The van der Waals surface area contributed by atoms with Crippen molar-refractivity contribution in [2.75, 3.05) is 0 Å². The largest absolute Gasteiger partial charge is 0.472 e. The summed E-state index contributed by atoms with van der Waals surface area (Å²) in [5.74, 6) is -3.04.